The van der Waals surface area contributed by atoms with Gasteiger partial charge in [0.15, 0.2) is 5.82 Å². The number of ether oxygens (including phenoxy) is 3. The van der Waals surface area contributed by atoms with Crippen LogP contribution < -0.4 is 14.8 Å². The van der Waals surface area contributed by atoms with Crippen LogP contribution in [0.25, 0.3) is 11.4 Å². The van der Waals surface area contributed by atoms with Gasteiger partial charge in [-0.2, -0.15) is 4.98 Å². The van der Waals surface area contributed by atoms with Gasteiger partial charge in [0.25, 0.3) is 5.88 Å². The van der Waals surface area contributed by atoms with Crippen molar-refractivity contribution in [2.75, 3.05) is 0 Å². The lowest BCUT2D eigenvalue weighted by Gasteiger charge is -2.21. The number of benzene rings is 1. The van der Waals surface area contributed by atoms with Crippen LogP contribution in [0.2, 0.25) is 0 Å². The molecule has 3 aromatic rings. The van der Waals surface area contributed by atoms with Crippen molar-refractivity contribution in [3.63, 3.8) is 0 Å². The Kier molecular flexibility index (Phi) is 7.26. The molecule has 0 aliphatic rings. The predicted octanol–water partition coefficient (Wildman–Crippen LogP) is 4.64. The summed E-state index contributed by atoms with van der Waals surface area (Å²) in [6.07, 6.45) is 0.256. The van der Waals surface area contributed by atoms with E-state index in [-0.39, 0.29) is 11.7 Å². The number of esters is 1. The molecule has 0 aliphatic heterocycles. The highest BCUT2D eigenvalue weighted by molar-refractivity contribution is 9.10. The minimum Gasteiger partial charge on any atom is -0.444 e. The fourth-order valence-electron chi connectivity index (χ4n) is 2.35. The fourth-order valence-corrected chi connectivity index (χ4v) is 2.65. The van der Waals surface area contributed by atoms with Crippen LogP contribution in [0.15, 0.2) is 45.5 Å². The van der Waals surface area contributed by atoms with Gasteiger partial charge in [-0.3, -0.25) is 4.52 Å². The Morgan fingerprint density at radius 1 is 1.21 bits per heavy atom. The first-order valence-electron chi connectivity index (χ1n) is 9.64. The van der Waals surface area contributed by atoms with Crippen LogP contribution in [0, 0.1) is 5.82 Å². The van der Waals surface area contributed by atoms with Crippen LogP contribution in [-0.4, -0.2) is 38.8 Å². The van der Waals surface area contributed by atoms with Crippen LogP contribution in [0.1, 0.15) is 27.7 Å². The van der Waals surface area contributed by atoms with Crippen LogP contribution in [0.4, 0.5) is 9.18 Å². The number of hydrogen-bond donors (Lipinski definition) is 1. The standard InChI is InChI=1S/C21H20BrFN4O6/c1-11(25-19(29)32-21(2,3)4)18(28)31-20-26-16(27-33-20)12-5-7-14(8-6-12)30-17-15(23)9-13(22)10-24-17/h5-11H,1-4H3,(H,25,29)/t11-/m0/s1. The van der Waals surface area contributed by atoms with Crippen molar-refractivity contribution in [3.05, 3.63) is 46.8 Å². The molecule has 0 spiro atoms. The van der Waals surface area contributed by atoms with Crippen LogP contribution in [0.3, 0.4) is 0 Å². The molecule has 1 N–H and O–H groups in total. The van der Waals surface area contributed by atoms with E-state index in [1.54, 1.807) is 45.0 Å². The maximum atomic E-state index is 13.9. The van der Waals surface area contributed by atoms with Gasteiger partial charge in [-0.1, -0.05) is 5.16 Å². The second-order valence-electron chi connectivity index (χ2n) is 7.74. The summed E-state index contributed by atoms with van der Waals surface area (Å²) in [7, 11) is 0. The molecule has 0 saturated heterocycles. The molecule has 2 heterocycles. The molecule has 1 aromatic carbocycles. The molecule has 0 unspecified atom stereocenters. The second-order valence-corrected chi connectivity index (χ2v) is 8.66. The Hall–Kier alpha value is -3.54. The number of carbonyl (C=O) groups excluding carboxylic acids is 2. The molecular formula is C21H20BrFN4O6. The van der Waals surface area contributed by atoms with E-state index in [9.17, 15) is 14.0 Å². The van der Waals surface area contributed by atoms with E-state index in [2.05, 4.69) is 36.4 Å². The van der Waals surface area contributed by atoms with Gasteiger partial charge in [-0.15, -0.1) is 0 Å². The Balaban J connectivity index is 1.59. The summed E-state index contributed by atoms with van der Waals surface area (Å²) in [5.74, 6) is -1.12. The van der Waals surface area contributed by atoms with Gasteiger partial charge in [-0.25, -0.2) is 19.0 Å². The number of alkyl carbamates (subject to hydrolysis) is 1. The molecule has 174 valence electrons. The molecule has 3 rings (SSSR count). The van der Waals surface area contributed by atoms with Gasteiger partial charge in [0.05, 0.1) is 0 Å². The van der Waals surface area contributed by atoms with E-state index in [0.29, 0.717) is 15.8 Å². The van der Waals surface area contributed by atoms with Gasteiger partial charge in [0, 0.05) is 16.2 Å². The first-order valence-corrected chi connectivity index (χ1v) is 10.4. The van der Waals surface area contributed by atoms with Gasteiger partial charge in [0.1, 0.15) is 17.4 Å². The van der Waals surface area contributed by atoms with Crippen molar-refractivity contribution in [2.45, 2.75) is 39.3 Å². The lowest BCUT2D eigenvalue weighted by atomic mass is 10.2. The topological polar surface area (TPSA) is 126 Å². The quantitative estimate of drug-likeness (QED) is 0.460. The zero-order chi connectivity index (χ0) is 24.2. The molecule has 0 bridgehead atoms. The summed E-state index contributed by atoms with van der Waals surface area (Å²) < 4.78 is 34.8. The van der Waals surface area contributed by atoms with Crippen molar-refractivity contribution < 1.29 is 32.7 Å². The van der Waals surface area contributed by atoms with E-state index >= 15 is 0 Å². The van der Waals surface area contributed by atoms with Crippen molar-refractivity contribution in [1.29, 1.82) is 0 Å². The number of carbonyl (C=O) groups is 2. The number of hydrogen-bond acceptors (Lipinski definition) is 9. The smallest absolute Gasteiger partial charge is 0.425 e. The minimum atomic E-state index is -1.01. The van der Waals surface area contributed by atoms with E-state index in [4.69, 9.17) is 18.7 Å². The molecule has 1 amide bonds. The van der Waals surface area contributed by atoms with Crippen LogP contribution >= 0.6 is 15.9 Å². The monoisotopic (exact) mass is 522 g/mol. The lowest BCUT2D eigenvalue weighted by Crippen LogP contribution is -2.43. The summed E-state index contributed by atoms with van der Waals surface area (Å²) in [5, 5.41) is 6.11. The number of pyridine rings is 1. The Bertz CT molecular complexity index is 1150. The summed E-state index contributed by atoms with van der Waals surface area (Å²) >= 11 is 3.13. The maximum absolute atomic E-state index is 13.9. The Labute approximate surface area is 196 Å². The first-order chi connectivity index (χ1) is 15.5. The SMILES string of the molecule is C[C@H](NC(=O)OC(C)(C)C)C(=O)Oc1nc(-c2ccc(Oc3ncc(Br)cc3F)cc2)no1. The van der Waals surface area contributed by atoms with E-state index in [1.165, 1.54) is 19.2 Å². The number of halogens is 2. The molecular weight excluding hydrogens is 503 g/mol. The van der Waals surface area contributed by atoms with Gasteiger partial charge in [0.2, 0.25) is 5.82 Å². The third-order valence-electron chi connectivity index (χ3n) is 3.78. The third-order valence-corrected chi connectivity index (χ3v) is 4.22. The molecule has 2 aromatic heterocycles. The van der Waals surface area contributed by atoms with Crippen molar-refractivity contribution in [1.82, 2.24) is 20.4 Å². The van der Waals surface area contributed by atoms with Crippen molar-refractivity contribution in [2.24, 2.45) is 0 Å². The maximum Gasteiger partial charge on any atom is 0.425 e. The summed E-state index contributed by atoms with van der Waals surface area (Å²) in [6.45, 7) is 6.52. The fraction of sp³-hybridized carbons (Fsp3) is 0.286. The average molecular weight is 523 g/mol. The van der Waals surface area contributed by atoms with Crippen LogP contribution in [-0.2, 0) is 9.53 Å². The first kappa shape index (κ1) is 24.1. The normalized spacial score (nSPS) is 12.1. The highest BCUT2D eigenvalue weighted by atomic mass is 79.9. The molecule has 33 heavy (non-hydrogen) atoms. The van der Waals surface area contributed by atoms with E-state index < -0.39 is 35.6 Å². The average Bonchev–Trinajstić information content (AvgIpc) is 3.17. The zero-order valence-electron chi connectivity index (χ0n) is 18.1. The minimum absolute atomic E-state index is 0.144. The number of nitrogens with zero attached hydrogens (tertiary/aromatic N) is 3. The summed E-state index contributed by atoms with van der Waals surface area (Å²) in [6, 6.07) is 6.56. The number of aromatic nitrogens is 3. The lowest BCUT2D eigenvalue weighted by molar-refractivity contribution is -0.138. The third kappa shape index (κ3) is 6.97. The second kappa shape index (κ2) is 9.94. The van der Waals surface area contributed by atoms with Gasteiger partial charge in [-0.05, 0) is 74.0 Å². The highest BCUT2D eigenvalue weighted by Crippen LogP contribution is 2.27. The molecule has 0 fully saturated rings. The van der Waals surface area contributed by atoms with Crippen LogP contribution in [0.5, 0.6) is 17.7 Å². The largest absolute Gasteiger partial charge is 0.444 e. The number of amides is 1. The van der Waals surface area contributed by atoms with Crippen molar-refractivity contribution in [3.8, 4) is 29.1 Å². The van der Waals surface area contributed by atoms with Gasteiger partial charge < -0.3 is 19.5 Å². The van der Waals surface area contributed by atoms with Gasteiger partial charge >= 0.3 is 18.1 Å². The molecule has 0 radical (unpaired) electrons. The van der Waals surface area contributed by atoms with E-state index in [0.717, 1.165) is 0 Å². The summed E-state index contributed by atoms with van der Waals surface area (Å²) in [5.41, 5.74) is -0.184. The molecule has 10 nitrogen and oxygen atoms in total. The van der Waals surface area contributed by atoms with E-state index in [1.807, 2.05) is 0 Å². The Morgan fingerprint density at radius 2 is 1.91 bits per heavy atom. The molecule has 12 heteroatoms. The predicted molar refractivity (Wildman–Crippen MR) is 116 cm³/mol. The Morgan fingerprint density at radius 3 is 2.55 bits per heavy atom. The number of rotatable bonds is 6. The van der Waals surface area contributed by atoms with Crippen molar-refractivity contribution >= 4 is 28.0 Å². The highest BCUT2D eigenvalue weighted by Gasteiger charge is 2.24. The number of nitrogens with one attached hydrogen (secondary N) is 1. The molecule has 0 saturated carbocycles. The molecule has 1 atom stereocenters. The zero-order valence-corrected chi connectivity index (χ0v) is 19.7. The molecule has 0 aliphatic carbocycles. The summed E-state index contributed by atoms with van der Waals surface area (Å²) in [4.78, 5) is 31.8.